The van der Waals surface area contributed by atoms with Crippen molar-refractivity contribution in [2.75, 3.05) is 13.2 Å². The Hall–Kier alpha value is -1.19. The van der Waals surface area contributed by atoms with Crippen LogP contribution in [0.3, 0.4) is 0 Å². The van der Waals surface area contributed by atoms with Gasteiger partial charge in [-0.05, 0) is 61.6 Å². The van der Waals surface area contributed by atoms with Crippen molar-refractivity contribution in [2.45, 2.75) is 46.0 Å². The van der Waals surface area contributed by atoms with Crippen molar-refractivity contribution in [3.8, 4) is 5.75 Å². The van der Waals surface area contributed by atoms with Crippen molar-refractivity contribution < 1.29 is 14.3 Å². The molecule has 0 saturated heterocycles. The van der Waals surface area contributed by atoms with Crippen molar-refractivity contribution in [1.82, 2.24) is 0 Å². The molecule has 1 aromatic carbocycles. The lowest BCUT2D eigenvalue weighted by molar-refractivity contribution is -0.145. The van der Waals surface area contributed by atoms with Crippen molar-refractivity contribution in [3.63, 3.8) is 0 Å². The zero-order valence-electron chi connectivity index (χ0n) is 14.1. The first-order valence-corrected chi connectivity index (χ1v) is 9.28. The summed E-state index contributed by atoms with van der Waals surface area (Å²) in [5.41, 5.74) is 3.76. The maximum Gasteiger partial charge on any atom is 0.344 e. The molecule has 24 heavy (non-hydrogen) atoms. The number of carbonyl (C=O) groups excluding carboxylic acids is 1. The Bertz CT molecular complexity index is 696. The highest BCUT2D eigenvalue weighted by Crippen LogP contribution is 2.58. The second-order valence-electron chi connectivity index (χ2n) is 6.45. The molecule has 0 spiro atoms. The first kappa shape index (κ1) is 17.6. The summed E-state index contributed by atoms with van der Waals surface area (Å²) < 4.78 is 10.5. The van der Waals surface area contributed by atoms with Gasteiger partial charge in [-0.1, -0.05) is 36.2 Å². The highest BCUT2D eigenvalue weighted by atomic mass is 35.5. The molecule has 3 rings (SSSR count). The first-order valence-electron chi connectivity index (χ1n) is 8.52. The van der Waals surface area contributed by atoms with Gasteiger partial charge in [0.25, 0.3) is 0 Å². The molecule has 0 aliphatic heterocycles. The molecule has 130 valence electrons. The molecule has 2 aliphatic rings. The maximum absolute atomic E-state index is 11.5. The summed E-state index contributed by atoms with van der Waals surface area (Å²) in [6.07, 6.45) is 7.84. The number of carbonyl (C=O) groups is 1. The average molecular weight is 369 g/mol. The number of benzene rings is 1. The average Bonchev–Trinajstić information content (AvgIpc) is 2.92. The third-order valence-electron chi connectivity index (χ3n) is 5.16. The smallest absolute Gasteiger partial charge is 0.344 e. The van der Waals surface area contributed by atoms with E-state index in [1.807, 2.05) is 6.07 Å². The van der Waals surface area contributed by atoms with Crippen LogP contribution in [0.4, 0.5) is 0 Å². The maximum atomic E-state index is 11.5. The van der Waals surface area contributed by atoms with Crippen LogP contribution in [-0.2, 0) is 16.0 Å². The number of hydrogen-bond acceptors (Lipinski definition) is 3. The molecule has 0 fully saturated rings. The Balaban J connectivity index is 1.94. The summed E-state index contributed by atoms with van der Waals surface area (Å²) in [5.74, 6) is 0.0468. The zero-order valence-corrected chi connectivity index (χ0v) is 15.6. The van der Waals surface area contributed by atoms with Crippen molar-refractivity contribution in [2.24, 2.45) is 5.41 Å². The van der Waals surface area contributed by atoms with Crippen LogP contribution in [0, 0.1) is 5.41 Å². The van der Waals surface area contributed by atoms with Crippen LogP contribution in [-0.4, -0.2) is 19.2 Å². The van der Waals surface area contributed by atoms with Gasteiger partial charge in [-0.25, -0.2) is 4.79 Å². The molecule has 0 heterocycles. The van der Waals surface area contributed by atoms with Crippen LogP contribution >= 0.6 is 23.2 Å². The van der Waals surface area contributed by atoms with Crippen LogP contribution in [0.25, 0.3) is 5.57 Å². The van der Waals surface area contributed by atoms with Gasteiger partial charge < -0.3 is 9.47 Å². The molecule has 1 atom stereocenters. The van der Waals surface area contributed by atoms with E-state index in [-0.39, 0.29) is 12.0 Å². The number of ether oxygens (including phenoxy) is 2. The minimum absolute atomic E-state index is 0.162. The molecule has 5 heteroatoms. The molecule has 0 N–H and O–H groups in total. The van der Waals surface area contributed by atoms with Gasteiger partial charge in [0.1, 0.15) is 10.8 Å². The number of halogens is 2. The largest absolute Gasteiger partial charge is 0.480 e. The molecule has 1 unspecified atom stereocenters. The highest BCUT2D eigenvalue weighted by Gasteiger charge is 2.43. The summed E-state index contributed by atoms with van der Waals surface area (Å²) in [5, 5.41) is 0.912. The van der Waals surface area contributed by atoms with Crippen molar-refractivity contribution in [3.05, 3.63) is 33.3 Å². The van der Waals surface area contributed by atoms with Gasteiger partial charge in [0, 0.05) is 5.56 Å². The predicted molar refractivity (Wildman–Crippen MR) is 96.8 cm³/mol. The van der Waals surface area contributed by atoms with E-state index in [9.17, 15) is 4.79 Å². The number of fused-ring (bicyclic) bond motifs is 3. The van der Waals surface area contributed by atoms with E-state index in [4.69, 9.17) is 32.7 Å². The molecule has 1 aromatic rings. The number of rotatable bonds is 5. The lowest BCUT2D eigenvalue weighted by Gasteiger charge is -2.33. The lowest BCUT2D eigenvalue weighted by Crippen LogP contribution is -2.21. The van der Waals surface area contributed by atoms with Crippen LogP contribution < -0.4 is 4.74 Å². The molecule has 0 radical (unpaired) electrons. The predicted octanol–water partition coefficient (Wildman–Crippen LogP) is 5.46. The number of esters is 1. The van der Waals surface area contributed by atoms with Crippen LogP contribution in [0.5, 0.6) is 5.75 Å². The van der Waals surface area contributed by atoms with E-state index < -0.39 is 5.97 Å². The lowest BCUT2D eigenvalue weighted by atomic mass is 9.71. The van der Waals surface area contributed by atoms with Gasteiger partial charge in [-0.3, -0.25) is 0 Å². The fourth-order valence-electron chi connectivity index (χ4n) is 3.97. The molecular weight excluding hydrogens is 347 g/mol. The molecule has 3 nitrogen and oxygen atoms in total. The molecule has 0 amide bonds. The molecule has 2 aliphatic carbocycles. The third-order valence-corrected chi connectivity index (χ3v) is 6.01. The monoisotopic (exact) mass is 368 g/mol. The summed E-state index contributed by atoms with van der Waals surface area (Å²) in [6.45, 7) is 4.16. The van der Waals surface area contributed by atoms with E-state index >= 15 is 0 Å². The quantitative estimate of drug-likeness (QED) is 0.647. The van der Waals surface area contributed by atoms with Crippen LogP contribution in [0.1, 0.15) is 50.7 Å². The van der Waals surface area contributed by atoms with E-state index in [1.165, 1.54) is 24.0 Å². The van der Waals surface area contributed by atoms with Crippen LogP contribution in [0.2, 0.25) is 10.0 Å². The fraction of sp³-hybridized carbons (Fsp3) is 0.526. The zero-order chi connectivity index (χ0) is 17.3. The van der Waals surface area contributed by atoms with E-state index in [0.29, 0.717) is 22.4 Å². The Morgan fingerprint density at radius 3 is 2.79 bits per heavy atom. The van der Waals surface area contributed by atoms with E-state index in [2.05, 4.69) is 13.0 Å². The van der Waals surface area contributed by atoms with Gasteiger partial charge in [0.2, 0.25) is 0 Å². The second-order valence-corrected chi connectivity index (χ2v) is 7.21. The van der Waals surface area contributed by atoms with Gasteiger partial charge in [0.05, 0.1) is 11.6 Å². The van der Waals surface area contributed by atoms with Crippen molar-refractivity contribution in [1.29, 1.82) is 0 Å². The Kier molecular flexibility index (Phi) is 5.12. The molecule has 0 saturated carbocycles. The SMILES string of the molecule is CCOC(=O)COc1cc2c(c(Cl)c1Cl)C1=CCCCC1(CC)C2. The molecule has 0 bridgehead atoms. The van der Waals surface area contributed by atoms with E-state index in [1.54, 1.807) is 6.92 Å². The highest BCUT2D eigenvalue weighted by molar-refractivity contribution is 6.44. The van der Waals surface area contributed by atoms with Gasteiger partial charge in [0.15, 0.2) is 6.61 Å². The minimum atomic E-state index is -0.411. The molecular formula is C19H22Cl2O3. The van der Waals surface area contributed by atoms with E-state index in [0.717, 1.165) is 24.8 Å². The fourth-order valence-corrected chi connectivity index (χ4v) is 4.49. The summed E-state index contributed by atoms with van der Waals surface area (Å²) in [6, 6.07) is 1.94. The Morgan fingerprint density at radius 1 is 1.29 bits per heavy atom. The third kappa shape index (κ3) is 2.93. The summed E-state index contributed by atoms with van der Waals surface area (Å²) in [7, 11) is 0. The number of hydrogen-bond donors (Lipinski definition) is 0. The summed E-state index contributed by atoms with van der Waals surface area (Å²) in [4.78, 5) is 11.5. The molecule has 0 aromatic heterocycles. The van der Waals surface area contributed by atoms with Crippen LogP contribution in [0.15, 0.2) is 12.1 Å². The van der Waals surface area contributed by atoms with Gasteiger partial charge >= 0.3 is 5.97 Å². The van der Waals surface area contributed by atoms with Gasteiger partial charge in [-0.2, -0.15) is 0 Å². The second kappa shape index (κ2) is 6.97. The number of allylic oxidation sites excluding steroid dienone is 2. The normalized spacial score (nSPS) is 21.8. The first-order chi connectivity index (χ1) is 11.5. The topological polar surface area (TPSA) is 35.5 Å². The van der Waals surface area contributed by atoms with Crippen molar-refractivity contribution >= 4 is 34.7 Å². The Morgan fingerprint density at radius 2 is 2.08 bits per heavy atom. The summed E-state index contributed by atoms with van der Waals surface area (Å²) >= 11 is 13.0. The minimum Gasteiger partial charge on any atom is -0.480 e. The Labute approximate surface area is 152 Å². The van der Waals surface area contributed by atoms with Gasteiger partial charge in [-0.15, -0.1) is 0 Å². The standard InChI is InChI=1S/C19H22Cl2O3/c1-3-19-8-6-5-7-13(19)16-12(10-19)9-14(17(20)18(16)21)24-11-15(22)23-4-2/h7,9H,3-6,8,10-11H2,1-2H3.